The van der Waals surface area contributed by atoms with Crippen LogP contribution >= 0.6 is 0 Å². The maximum atomic E-state index is 5.80. The average Bonchev–Trinajstić information content (AvgIpc) is 2.97. The smallest absolute Gasteiger partial charge is 0.167 e. The molecular weight excluding hydrogens is 296 g/mol. The molecule has 4 aliphatic carbocycles. The van der Waals surface area contributed by atoms with Gasteiger partial charge in [-0.3, -0.25) is 0 Å². The van der Waals surface area contributed by atoms with Crippen molar-refractivity contribution in [3.8, 4) is 0 Å². The Hall–Kier alpha value is -0.0800. The highest BCUT2D eigenvalue weighted by Crippen LogP contribution is 2.65. The van der Waals surface area contributed by atoms with Gasteiger partial charge in [0.2, 0.25) is 0 Å². The van der Waals surface area contributed by atoms with Crippen LogP contribution in [0, 0.1) is 40.9 Å². The van der Waals surface area contributed by atoms with E-state index >= 15 is 0 Å². The van der Waals surface area contributed by atoms with Crippen molar-refractivity contribution >= 4 is 0 Å². The van der Waals surface area contributed by atoms with Gasteiger partial charge in [0.15, 0.2) is 5.79 Å². The molecule has 2 heteroatoms. The zero-order chi connectivity index (χ0) is 16.9. The van der Waals surface area contributed by atoms with Gasteiger partial charge in [0.1, 0.15) is 0 Å². The van der Waals surface area contributed by atoms with Gasteiger partial charge in [-0.2, -0.15) is 0 Å². The molecule has 0 aliphatic heterocycles. The lowest BCUT2D eigenvalue weighted by Crippen LogP contribution is -2.51. The summed E-state index contributed by atoms with van der Waals surface area (Å²) in [6, 6.07) is 0. The van der Waals surface area contributed by atoms with Crippen LogP contribution in [0.5, 0.6) is 0 Å². The van der Waals surface area contributed by atoms with Crippen molar-refractivity contribution in [3.63, 3.8) is 0 Å². The lowest BCUT2D eigenvalue weighted by atomic mass is 9.49. The largest absolute Gasteiger partial charge is 0.353 e. The molecule has 2 nitrogen and oxygen atoms in total. The van der Waals surface area contributed by atoms with Crippen LogP contribution in [0.1, 0.15) is 78.1 Å². The van der Waals surface area contributed by atoms with Crippen LogP contribution in [0.3, 0.4) is 0 Å². The summed E-state index contributed by atoms with van der Waals surface area (Å²) >= 11 is 0. The number of fused-ring (bicyclic) bond motifs is 5. The van der Waals surface area contributed by atoms with Gasteiger partial charge in [-0.25, -0.2) is 0 Å². The maximum absolute atomic E-state index is 5.80. The molecule has 0 saturated heterocycles. The van der Waals surface area contributed by atoms with Gasteiger partial charge < -0.3 is 9.47 Å². The number of methoxy groups -OCH3 is 2. The third kappa shape index (κ3) is 2.42. The molecule has 0 amide bonds. The van der Waals surface area contributed by atoms with Crippen molar-refractivity contribution < 1.29 is 9.47 Å². The molecule has 4 saturated carbocycles. The molecule has 0 aromatic rings. The van der Waals surface area contributed by atoms with Crippen molar-refractivity contribution in [3.05, 3.63) is 0 Å². The van der Waals surface area contributed by atoms with E-state index in [1.165, 1.54) is 51.4 Å². The molecule has 0 heterocycles. The van der Waals surface area contributed by atoms with E-state index < -0.39 is 0 Å². The van der Waals surface area contributed by atoms with Crippen molar-refractivity contribution in [2.45, 2.75) is 83.8 Å². The van der Waals surface area contributed by atoms with Crippen molar-refractivity contribution in [2.24, 2.45) is 40.9 Å². The Kier molecular flexibility index (Phi) is 4.53. The Balaban J connectivity index is 1.52. The summed E-state index contributed by atoms with van der Waals surface area (Å²) in [5.41, 5.74) is 0.667. The van der Waals surface area contributed by atoms with E-state index in [0.717, 1.165) is 48.3 Å². The van der Waals surface area contributed by atoms with Gasteiger partial charge in [0.05, 0.1) is 0 Å². The average molecular weight is 335 g/mol. The molecular formula is C22H38O2. The van der Waals surface area contributed by atoms with Crippen LogP contribution in [-0.4, -0.2) is 20.0 Å². The number of ether oxygens (including phenoxy) is 2. The van der Waals surface area contributed by atoms with E-state index in [9.17, 15) is 0 Å². The van der Waals surface area contributed by atoms with E-state index in [0.29, 0.717) is 5.41 Å². The number of hydrogen-bond acceptors (Lipinski definition) is 2. The molecule has 0 radical (unpaired) electrons. The first-order chi connectivity index (χ1) is 11.6. The minimum atomic E-state index is -0.280. The van der Waals surface area contributed by atoms with E-state index in [2.05, 4.69) is 13.8 Å². The topological polar surface area (TPSA) is 18.5 Å². The van der Waals surface area contributed by atoms with Gasteiger partial charge in [0, 0.05) is 27.1 Å². The zero-order valence-corrected chi connectivity index (χ0v) is 16.4. The van der Waals surface area contributed by atoms with Gasteiger partial charge in [-0.05, 0) is 85.9 Å². The Morgan fingerprint density at radius 1 is 0.833 bits per heavy atom. The summed E-state index contributed by atoms with van der Waals surface area (Å²) in [6.45, 7) is 5.08. The van der Waals surface area contributed by atoms with Gasteiger partial charge in [-0.15, -0.1) is 0 Å². The Morgan fingerprint density at radius 3 is 2.29 bits per heavy atom. The highest BCUT2D eigenvalue weighted by molar-refractivity contribution is 5.06. The first-order valence-corrected chi connectivity index (χ1v) is 10.7. The van der Waals surface area contributed by atoms with Crippen LogP contribution in [-0.2, 0) is 9.47 Å². The zero-order valence-electron chi connectivity index (χ0n) is 16.4. The van der Waals surface area contributed by atoms with Gasteiger partial charge in [-0.1, -0.05) is 20.3 Å². The Morgan fingerprint density at radius 2 is 1.58 bits per heavy atom. The molecule has 0 aromatic heterocycles. The predicted octanol–water partition coefficient (Wildman–Crippen LogP) is 5.65. The fourth-order valence-corrected chi connectivity index (χ4v) is 8.06. The normalized spacial score (nSPS) is 50.0. The summed E-state index contributed by atoms with van der Waals surface area (Å²) in [5, 5.41) is 0. The summed E-state index contributed by atoms with van der Waals surface area (Å²) in [4.78, 5) is 0. The summed E-state index contributed by atoms with van der Waals surface area (Å²) in [6.07, 6.45) is 13.9. The first-order valence-electron chi connectivity index (χ1n) is 10.7. The molecule has 0 N–H and O–H groups in total. The Bertz CT molecular complexity index is 457. The van der Waals surface area contributed by atoms with Crippen LogP contribution in [0.15, 0.2) is 0 Å². The SMILES string of the molecule is CC[C@H]1CC[C@H]2[C@@H]3CC[C@@H]4CC(OC)(OC)CC[C@@H]4[C@H]3CC[C@]12C. The highest BCUT2D eigenvalue weighted by atomic mass is 16.7. The molecule has 4 rings (SSSR count). The monoisotopic (exact) mass is 334 g/mol. The quantitative estimate of drug-likeness (QED) is 0.620. The van der Waals surface area contributed by atoms with Crippen LogP contribution < -0.4 is 0 Å². The summed E-state index contributed by atoms with van der Waals surface area (Å²) in [7, 11) is 3.68. The van der Waals surface area contributed by atoms with Gasteiger partial charge in [0.25, 0.3) is 0 Å². The van der Waals surface area contributed by atoms with E-state index in [1.54, 1.807) is 0 Å². The molecule has 7 atom stereocenters. The molecule has 0 aromatic carbocycles. The summed E-state index contributed by atoms with van der Waals surface area (Å²) in [5.74, 6) is 5.57. The first kappa shape index (κ1) is 17.3. The lowest BCUT2D eigenvalue weighted by molar-refractivity contribution is -0.247. The molecule has 0 bridgehead atoms. The second-order valence-corrected chi connectivity index (χ2v) is 9.72. The van der Waals surface area contributed by atoms with Crippen molar-refractivity contribution in [1.29, 1.82) is 0 Å². The van der Waals surface area contributed by atoms with Crippen molar-refractivity contribution in [2.75, 3.05) is 14.2 Å². The standard InChI is InChI=1S/C22H38O2/c1-5-16-7-9-20-19-8-6-15-14-22(23-3,24-4)13-11-17(15)18(19)10-12-21(16,20)2/h15-20H,5-14H2,1-4H3/t15-,16+,17+,18-,19-,20+,21-/m1/s1. The fraction of sp³-hybridized carbons (Fsp3) is 1.00. The molecule has 4 aliphatic rings. The number of rotatable bonds is 3. The van der Waals surface area contributed by atoms with E-state index in [-0.39, 0.29) is 5.79 Å². The fourth-order valence-electron chi connectivity index (χ4n) is 8.06. The third-order valence-electron chi connectivity index (χ3n) is 9.38. The minimum absolute atomic E-state index is 0.280. The van der Waals surface area contributed by atoms with Crippen LogP contribution in [0.25, 0.3) is 0 Å². The molecule has 138 valence electrons. The summed E-state index contributed by atoms with van der Waals surface area (Å²) < 4.78 is 11.6. The highest BCUT2D eigenvalue weighted by Gasteiger charge is 2.57. The van der Waals surface area contributed by atoms with E-state index in [1.807, 2.05) is 14.2 Å². The van der Waals surface area contributed by atoms with E-state index in [4.69, 9.17) is 9.47 Å². The second-order valence-electron chi connectivity index (χ2n) is 9.72. The lowest BCUT2D eigenvalue weighted by Gasteiger charge is -2.57. The van der Waals surface area contributed by atoms with Crippen LogP contribution in [0.2, 0.25) is 0 Å². The molecule has 4 fully saturated rings. The maximum Gasteiger partial charge on any atom is 0.167 e. The van der Waals surface area contributed by atoms with Crippen LogP contribution in [0.4, 0.5) is 0 Å². The second kappa shape index (κ2) is 6.27. The molecule has 24 heavy (non-hydrogen) atoms. The van der Waals surface area contributed by atoms with Crippen molar-refractivity contribution in [1.82, 2.24) is 0 Å². The third-order valence-corrected chi connectivity index (χ3v) is 9.38. The Labute approximate surface area is 149 Å². The molecule has 0 spiro atoms. The molecule has 0 unspecified atom stereocenters. The minimum Gasteiger partial charge on any atom is -0.353 e. The number of hydrogen-bond donors (Lipinski definition) is 0. The predicted molar refractivity (Wildman–Crippen MR) is 97.6 cm³/mol. The van der Waals surface area contributed by atoms with Gasteiger partial charge >= 0.3 is 0 Å².